The first-order valence-corrected chi connectivity index (χ1v) is 7.19. The molecule has 0 spiro atoms. The molecule has 1 heterocycles. The Morgan fingerprint density at radius 3 is 2.43 bits per heavy atom. The quantitative estimate of drug-likeness (QED) is 0.700. The summed E-state index contributed by atoms with van der Waals surface area (Å²) in [7, 11) is 0. The van der Waals surface area contributed by atoms with Crippen molar-refractivity contribution >= 4 is 10.8 Å². The number of hydrogen-bond acceptors (Lipinski definition) is 1. The topological polar surface area (TPSA) is 12.0 Å². The lowest BCUT2D eigenvalue weighted by molar-refractivity contribution is -0.00000386. The van der Waals surface area contributed by atoms with Gasteiger partial charge in [-0.05, 0) is 27.5 Å². The SMILES string of the molecule is [Br-].c1ccc(C2CNCc3c2ccc2ccccc32)cc1. The van der Waals surface area contributed by atoms with Gasteiger partial charge in [0.1, 0.15) is 0 Å². The van der Waals surface area contributed by atoms with Crippen molar-refractivity contribution in [3.8, 4) is 0 Å². The third-order valence-electron chi connectivity index (χ3n) is 4.30. The third-order valence-corrected chi connectivity index (χ3v) is 4.30. The van der Waals surface area contributed by atoms with E-state index in [1.807, 2.05) is 0 Å². The van der Waals surface area contributed by atoms with Crippen molar-refractivity contribution in [2.45, 2.75) is 12.5 Å². The highest BCUT2D eigenvalue weighted by molar-refractivity contribution is 5.87. The average Bonchev–Trinajstić information content (AvgIpc) is 2.55. The Labute approximate surface area is 135 Å². The van der Waals surface area contributed by atoms with E-state index < -0.39 is 0 Å². The second-order valence-corrected chi connectivity index (χ2v) is 5.45. The van der Waals surface area contributed by atoms with Gasteiger partial charge in [0.15, 0.2) is 0 Å². The van der Waals surface area contributed by atoms with Gasteiger partial charge in [-0.15, -0.1) is 0 Å². The molecule has 1 unspecified atom stereocenters. The molecule has 3 aromatic carbocycles. The van der Waals surface area contributed by atoms with Gasteiger partial charge in [-0.1, -0.05) is 66.7 Å². The zero-order valence-electron chi connectivity index (χ0n) is 11.7. The first kappa shape index (κ1) is 14.3. The fourth-order valence-electron chi connectivity index (χ4n) is 3.31. The van der Waals surface area contributed by atoms with Crippen LogP contribution in [0.25, 0.3) is 10.8 Å². The van der Waals surface area contributed by atoms with Crippen LogP contribution < -0.4 is 22.3 Å². The van der Waals surface area contributed by atoms with E-state index in [2.05, 4.69) is 72.0 Å². The first-order chi connectivity index (χ1) is 9.93. The molecule has 1 N–H and O–H groups in total. The molecule has 1 nitrogen and oxygen atoms in total. The van der Waals surface area contributed by atoms with Crippen LogP contribution in [-0.4, -0.2) is 6.54 Å². The molecule has 4 rings (SSSR count). The summed E-state index contributed by atoms with van der Waals surface area (Å²) < 4.78 is 0. The number of fused-ring (bicyclic) bond motifs is 3. The molecule has 0 radical (unpaired) electrons. The van der Waals surface area contributed by atoms with Gasteiger partial charge in [0.2, 0.25) is 0 Å². The largest absolute Gasteiger partial charge is 1.00 e. The molecule has 1 aliphatic heterocycles. The molecule has 1 aliphatic rings. The van der Waals surface area contributed by atoms with Crippen molar-refractivity contribution in [1.82, 2.24) is 5.32 Å². The lowest BCUT2D eigenvalue weighted by atomic mass is 9.83. The normalized spacial score (nSPS) is 17.0. The fourth-order valence-corrected chi connectivity index (χ4v) is 3.31. The molecule has 0 saturated heterocycles. The summed E-state index contributed by atoms with van der Waals surface area (Å²) in [6.07, 6.45) is 0. The van der Waals surface area contributed by atoms with E-state index in [-0.39, 0.29) is 17.0 Å². The third kappa shape index (κ3) is 2.50. The molecular weight excluding hydrogens is 322 g/mol. The average molecular weight is 339 g/mol. The maximum Gasteiger partial charge on any atom is 0.0218 e. The van der Waals surface area contributed by atoms with E-state index >= 15 is 0 Å². The van der Waals surface area contributed by atoms with Crippen molar-refractivity contribution < 1.29 is 17.0 Å². The Bertz CT molecular complexity index is 752. The maximum absolute atomic E-state index is 3.58. The maximum atomic E-state index is 3.58. The van der Waals surface area contributed by atoms with E-state index in [4.69, 9.17) is 0 Å². The minimum atomic E-state index is 0. The standard InChI is InChI=1S/C19H17N.BrH/c1-2-6-14(7-3-1)18-12-20-13-19-16-9-5-4-8-15(16)10-11-17(18)19;/h1-11,18,20H,12-13H2;1H/p-1. The van der Waals surface area contributed by atoms with Gasteiger partial charge in [-0.25, -0.2) is 0 Å². The minimum Gasteiger partial charge on any atom is -1.00 e. The minimum absolute atomic E-state index is 0. The highest BCUT2D eigenvalue weighted by atomic mass is 79.9. The van der Waals surface area contributed by atoms with Crippen LogP contribution in [0.1, 0.15) is 22.6 Å². The van der Waals surface area contributed by atoms with E-state index in [1.54, 1.807) is 0 Å². The van der Waals surface area contributed by atoms with Crippen molar-refractivity contribution in [3.05, 3.63) is 83.4 Å². The van der Waals surface area contributed by atoms with E-state index in [9.17, 15) is 0 Å². The Morgan fingerprint density at radius 2 is 1.57 bits per heavy atom. The molecule has 21 heavy (non-hydrogen) atoms. The van der Waals surface area contributed by atoms with Gasteiger partial charge < -0.3 is 22.3 Å². The predicted octanol–water partition coefficient (Wildman–Crippen LogP) is 1.08. The number of nitrogens with one attached hydrogen (secondary N) is 1. The van der Waals surface area contributed by atoms with E-state index in [1.165, 1.54) is 27.5 Å². The van der Waals surface area contributed by atoms with Gasteiger partial charge in [-0.3, -0.25) is 0 Å². The van der Waals surface area contributed by atoms with Crippen LogP contribution in [0.5, 0.6) is 0 Å². The fraction of sp³-hybridized carbons (Fsp3) is 0.158. The van der Waals surface area contributed by atoms with Crippen molar-refractivity contribution in [3.63, 3.8) is 0 Å². The summed E-state index contributed by atoms with van der Waals surface area (Å²) >= 11 is 0. The van der Waals surface area contributed by atoms with Crippen LogP contribution in [0.4, 0.5) is 0 Å². The van der Waals surface area contributed by atoms with Gasteiger partial charge in [0, 0.05) is 19.0 Å². The van der Waals surface area contributed by atoms with Crippen LogP contribution in [0, 0.1) is 0 Å². The molecule has 1 atom stereocenters. The second-order valence-electron chi connectivity index (χ2n) is 5.45. The van der Waals surface area contributed by atoms with Crippen LogP contribution in [0.2, 0.25) is 0 Å². The highest BCUT2D eigenvalue weighted by Crippen LogP contribution is 2.34. The molecule has 0 aliphatic carbocycles. The van der Waals surface area contributed by atoms with E-state index in [0.29, 0.717) is 5.92 Å². The lowest BCUT2D eigenvalue weighted by Gasteiger charge is -2.28. The second kappa shape index (κ2) is 6.00. The van der Waals surface area contributed by atoms with E-state index in [0.717, 1.165) is 13.1 Å². The summed E-state index contributed by atoms with van der Waals surface area (Å²) in [6.45, 7) is 2.00. The number of benzene rings is 3. The van der Waals surface area contributed by atoms with Crippen molar-refractivity contribution in [1.29, 1.82) is 0 Å². The summed E-state index contributed by atoms with van der Waals surface area (Å²) in [4.78, 5) is 0. The Balaban J connectivity index is 0.00000132. The highest BCUT2D eigenvalue weighted by Gasteiger charge is 2.22. The molecule has 106 valence electrons. The molecule has 2 heteroatoms. The molecule has 0 aromatic heterocycles. The number of hydrogen-bond donors (Lipinski definition) is 1. The summed E-state index contributed by atoms with van der Waals surface area (Å²) in [6, 6.07) is 24.1. The molecule has 0 fully saturated rings. The van der Waals surface area contributed by atoms with Gasteiger partial charge >= 0.3 is 0 Å². The smallest absolute Gasteiger partial charge is 0.0218 e. The summed E-state index contributed by atoms with van der Waals surface area (Å²) in [5, 5.41) is 6.30. The number of rotatable bonds is 1. The Morgan fingerprint density at radius 1 is 0.810 bits per heavy atom. The predicted molar refractivity (Wildman–Crippen MR) is 83.9 cm³/mol. The Kier molecular flexibility index (Phi) is 4.09. The number of halogens is 1. The molecular formula is C19H17BrN-. The monoisotopic (exact) mass is 338 g/mol. The summed E-state index contributed by atoms with van der Waals surface area (Å²) in [5.41, 5.74) is 4.34. The van der Waals surface area contributed by atoms with Crippen molar-refractivity contribution in [2.24, 2.45) is 0 Å². The van der Waals surface area contributed by atoms with Crippen LogP contribution in [0.3, 0.4) is 0 Å². The zero-order valence-corrected chi connectivity index (χ0v) is 13.3. The zero-order chi connectivity index (χ0) is 13.4. The molecule has 0 amide bonds. The molecule has 3 aromatic rings. The summed E-state index contributed by atoms with van der Waals surface area (Å²) in [5.74, 6) is 0.463. The van der Waals surface area contributed by atoms with Gasteiger partial charge in [0.05, 0.1) is 0 Å². The molecule has 0 saturated carbocycles. The van der Waals surface area contributed by atoms with Crippen LogP contribution in [0.15, 0.2) is 66.7 Å². The van der Waals surface area contributed by atoms with Gasteiger partial charge in [0.25, 0.3) is 0 Å². The first-order valence-electron chi connectivity index (χ1n) is 7.19. The molecule has 0 bridgehead atoms. The van der Waals surface area contributed by atoms with Crippen molar-refractivity contribution in [2.75, 3.05) is 6.54 Å². The lowest BCUT2D eigenvalue weighted by Crippen LogP contribution is -3.00. The van der Waals surface area contributed by atoms with Crippen LogP contribution in [-0.2, 0) is 6.54 Å². The van der Waals surface area contributed by atoms with Gasteiger partial charge in [-0.2, -0.15) is 0 Å². The Hall–Kier alpha value is -1.64. The van der Waals surface area contributed by atoms with Crippen LogP contribution >= 0.6 is 0 Å².